The number of carbonyl (C=O) groups excluding carboxylic acids is 1. The Morgan fingerprint density at radius 3 is 2.68 bits per heavy atom. The van der Waals surface area contributed by atoms with Crippen LogP contribution in [0.3, 0.4) is 0 Å². The molecule has 0 aliphatic carbocycles. The highest BCUT2D eigenvalue weighted by Crippen LogP contribution is 2.21. The molecule has 1 aromatic carbocycles. The summed E-state index contributed by atoms with van der Waals surface area (Å²) in [5, 5.41) is 14.6. The lowest BCUT2D eigenvalue weighted by molar-refractivity contribution is -0.130. The number of likely N-dealkylation sites (tertiary alicyclic amines) is 1. The monoisotopic (exact) mass is 342 g/mol. The number of hydrogen-bond acceptors (Lipinski definition) is 4. The summed E-state index contributed by atoms with van der Waals surface area (Å²) in [7, 11) is 3.51. The Hall–Kier alpha value is -2.18. The Morgan fingerprint density at radius 1 is 1.20 bits per heavy atom. The maximum Gasteiger partial charge on any atom is 0.222 e. The zero-order valence-corrected chi connectivity index (χ0v) is 14.9. The lowest BCUT2D eigenvalue weighted by atomic mass is 10.0. The maximum absolute atomic E-state index is 11.9. The van der Waals surface area contributed by atoms with Gasteiger partial charge in [-0.05, 0) is 5.56 Å². The van der Waals surface area contributed by atoms with E-state index in [1.54, 1.807) is 19.0 Å². The number of aliphatic hydroxyl groups is 1. The molecular weight excluding hydrogens is 316 g/mol. The summed E-state index contributed by atoms with van der Waals surface area (Å²) in [4.78, 5) is 15.6. The van der Waals surface area contributed by atoms with Gasteiger partial charge in [0.1, 0.15) is 0 Å². The molecule has 1 aliphatic rings. The summed E-state index contributed by atoms with van der Waals surface area (Å²) >= 11 is 0. The summed E-state index contributed by atoms with van der Waals surface area (Å²) < 4.78 is 1.94. The van der Waals surface area contributed by atoms with Gasteiger partial charge in [-0.2, -0.15) is 5.10 Å². The molecule has 0 saturated carbocycles. The molecule has 2 atom stereocenters. The van der Waals surface area contributed by atoms with Gasteiger partial charge in [0.15, 0.2) is 0 Å². The van der Waals surface area contributed by atoms with E-state index in [4.69, 9.17) is 0 Å². The summed E-state index contributed by atoms with van der Waals surface area (Å²) in [5.74, 6) is 0.0953. The first-order chi connectivity index (χ1) is 12.0. The highest BCUT2D eigenvalue weighted by molar-refractivity contribution is 5.75. The number of β-amino-alcohol motifs (C(OH)–C–C–N with tert-alkyl or cyclic N) is 1. The van der Waals surface area contributed by atoms with Crippen LogP contribution in [0.2, 0.25) is 0 Å². The minimum absolute atomic E-state index is 0.0207. The Kier molecular flexibility index (Phi) is 5.50. The third-order valence-corrected chi connectivity index (χ3v) is 4.80. The zero-order valence-electron chi connectivity index (χ0n) is 14.9. The van der Waals surface area contributed by atoms with Crippen LogP contribution in [0, 0.1) is 5.92 Å². The molecule has 0 radical (unpaired) electrons. The second kappa shape index (κ2) is 7.80. The molecule has 1 fully saturated rings. The van der Waals surface area contributed by atoms with E-state index in [2.05, 4.69) is 28.3 Å². The molecule has 1 amide bonds. The number of nitrogens with zero attached hydrogens (tertiary/aromatic N) is 4. The Morgan fingerprint density at radius 2 is 1.96 bits per heavy atom. The van der Waals surface area contributed by atoms with E-state index in [0.717, 1.165) is 30.8 Å². The van der Waals surface area contributed by atoms with Crippen molar-refractivity contribution in [2.75, 3.05) is 33.7 Å². The smallest absolute Gasteiger partial charge is 0.222 e. The predicted molar refractivity (Wildman–Crippen MR) is 96.9 cm³/mol. The fourth-order valence-electron chi connectivity index (χ4n) is 3.24. The highest BCUT2D eigenvalue weighted by atomic mass is 16.3. The molecule has 3 rings (SSSR count). The first-order valence-corrected chi connectivity index (χ1v) is 8.71. The van der Waals surface area contributed by atoms with Gasteiger partial charge in [0.2, 0.25) is 5.91 Å². The molecule has 2 aromatic rings. The lowest BCUT2D eigenvalue weighted by Gasteiger charge is -2.17. The predicted octanol–water partition coefficient (Wildman–Crippen LogP) is 1.32. The van der Waals surface area contributed by atoms with Crippen molar-refractivity contribution in [3.8, 4) is 11.1 Å². The highest BCUT2D eigenvalue weighted by Gasteiger charge is 2.32. The minimum Gasteiger partial charge on any atom is -0.391 e. The van der Waals surface area contributed by atoms with Gasteiger partial charge in [-0.3, -0.25) is 14.4 Å². The van der Waals surface area contributed by atoms with Gasteiger partial charge < -0.3 is 10.0 Å². The van der Waals surface area contributed by atoms with E-state index in [1.165, 1.54) is 0 Å². The van der Waals surface area contributed by atoms with Gasteiger partial charge >= 0.3 is 0 Å². The molecule has 2 heterocycles. The van der Waals surface area contributed by atoms with Crippen molar-refractivity contribution in [2.45, 2.75) is 19.1 Å². The second-order valence-electron chi connectivity index (χ2n) is 6.94. The SMILES string of the molecule is CN(C)C(=O)C[C@@H]1CN(CCn2cc(-c3ccccc3)cn2)C[C@H]1O. The van der Waals surface area contributed by atoms with Crippen LogP contribution in [0.25, 0.3) is 11.1 Å². The van der Waals surface area contributed by atoms with Gasteiger partial charge in [-0.15, -0.1) is 0 Å². The normalized spacial score (nSPS) is 20.8. The molecule has 1 aliphatic heterocycles. The van der Waals surface area contributed by atoms with Gasteiger partial charge in [0, 0.05) is 57.8 Å². The molecule has 0 bridgehead atoms. The fourth-order valence-corrected chi connectivity index (χ4v) is 3.24. The van der Waals surface area contributed by atoms with Crippen molar-refractivity contribution < 1.29 is 9.90 Å². The van der Waals surface area contributed by atoms with Gasteiger partial charge in [0.05, 0.1) is 18.8 Å². The summed E-state index contributed by atoms with van der Waals surface area (Å²) in [6.45, 7) is 2.97. The number of benzene rings is 1. The quantitative estimate of drug-likeness (QED) is 0.860. The largest absolute Gasteiger partial charge is 0.391 e. The van der Waals surface area contributed by atoms with Crippen molar-refractivity contribution in [2.24, 2.45) is 5.92 Å². The van der Waals surface area contributed by atoms with Crippen LogP contribution in [0.15, 0.2) is 42.7 Å². The lowest BCUT2D eigenvalue weighted by Crippen LogP contribution is -2.28. The Balaban J connectivity index is 1.51. The minimum atomic E-state index is -0.429. The number of hydrogen-bond donors (Lipinski definition) is 1. The zero-order chi connectivity index (χ0) is 17.8. The van der Waals surface area contributed by atoms with Crippen LogP contribution < -0.4 is 0 Å². The number of rotatable bonds is 6. The fraction of sp³-hybridized carbons (Fsp3) is 0.474. The molecule has 1 saturated heterocycles. The summed E-state index contributed by atoms with van der Waals surface area (Å²) in [6, 6.07) is 10.2. The maximum atomic E-state index is 11.9. The molecule has 0 unspecified atom stereocenters. The number of aromatic nitrogens is 2. The molecule has 6 nitrogen and oxygen atoms in total. The number of aliphatic hydroxyl groups excluding tert-OH is 1. The average molecular weight is 342 g/mol. The Labute approximate surface area is 148 Å². The molecule has 1 N–H and O–H groups in total. The van der Waals surface area contributed by atoms with Crippen LogP contribution in [-0.2, 0) is 11.3 Å². The average Bonchev–Trinajstić information content (AvgIpc) is 3.21. The third kappa shape index (κ3) is 4.46. The van der Waals surface area contributed by atoms with Crippen molar-refractivity contribution in [1.82, 2.24) is 19.6 Å². The molecule has 134 valence electrons. The van der Waals surface area contributed by atoms with E-state index < -0.39 is 6.10 Å². The molecular formula is C19H26N4O2. The van der Waals surface area contributed by atoms with Crippen molar-refractivity contribution in [3.63, 3.8) is 0 Å². The van der Waals surface area contributed by atoms with Gasteiger partial charge in [-0.1, -0.05) is 30.3 Å². The van der Waals surface area contributed by atoms with Crippen LogP contribution >= 0.6 is 0 Å². The number of amides is 1. The van der Waals surface area contributed by atoms with E-state index in [0.29, 0.717) is 13.0 Å². The van der Waals surface area contributed by atoms with Gasteiger partial charge in [-0.25, -0.2) is 0 Å². The van der Waals surface area contributed by atoms with Crippen LogP contribution in [0.4, 0.5) is 0 Å². The first kappa shape index (κ1) is 17.6. The van der Waals surface area contributed by atoms with Crippen LogP contribution in [0.5, 0.6) is 0 Å². The van der Waals surface area contributed by atoms with Gasteiger partial charge in [0.25, 0.3) is 0 Å². The standard InChI is InChI=1S/C19H26N4O2/c1-21(2)19(25)10-16-12-22(14-18(16)24)8-9-23-13-17(11-20-23)15-6-4-3-5-7-15/h3-7,11,13,16,18,24H,8-10,12,14H2,1-2H3/t16-,18-/m1/s1. The topological polar surface area (TPSA) is 61.6 Å². The van der Waals surface area contributed by atoms with E-state index >= 15 is 0 Å². The first-order valence-electron chi connectivity index (χ1n) is 8.71. The summed E-state index contributed by atoms with van der Waals surface area (Å²) in [5.41, 5.74) is 2.27. The Bertz CT molecular complexity index is 698. The van der Waals surface area contributed by atoms with E-state index in [-0.39, 0.29) is 11.8 Å². The molecule has 6 heteroatoms. The third-order valence-electron chi connectivity index (χ3n) is 4.80. The molecule has 25 heavy (non-hydrogen) atoms. The van der Waals surface area contributed by atoms with Crippen LogP contribution in [0.1, 0.15) is 6.42 Å². The van der Waals surface area contributed by atoms with Crippen LogP contribution in [-0.4, -0.2) is 70.4 Å². The molecule has 1 aromatic heterocycles. The summed E-state index contributed by atoms with van der Waals surface area (Å²) in [6.07, 6.45) is 3.91. The van der Waals surface area contributed by atoms with E-state index in [9.17, 15) is 9.90 Å². The van der Waals surface area contributed by atoms with Crippen molar-refractivity contribution in [1.29, 1.82) is 0 Å². The van der Waals surface area contributed by atoms with E-state index in [1.807, 2.05) is 29.1 Å². The van der Waals surface area contributed by atoms with Crippen molar-refractivity contribution >= 4 is 5.91 Å². The number of carbonyl (C=O) groups is 1. The second-order valence-corrected chi connectivity index (χ2v) is 6.94. The van der Waals surface area contributed by atoms with Crippen molar-refractivity contribution in [3.05, 3.63) is 42.7 Å². The molecule has 0 spiro atoms.